The monoisotopic (exact) mass is 472 g/mol. The highest BCUT2D eigenvalue weighted by molar-refractivity contribution is 7.13. The van der Waals surface area contributed by atoms with Gasteiger partial charge in [-0.15, -0.1) is 11.3 Å². The Hall–Kier alpha value is -3.45. The van der Waals surface area contributed by atoms with E-state index in [0.29, 0.717) is 6.61 Å². The van der Waals surface area contributed by atoms with Crippen LogP contribution in [0.3, 0.4) is 0 Å². The van der Waals surface area contributed by atoms with Crippen LogP contribution >= 0.6 is 11.3 Å². The number of rotatable bonds is 8. The zero-order chi connectivity index (χ0) is 23.3. The molecule has 0 aliphatic heterocycles. The van der Waals surface area contributed by atoms with Gasteiger partial charge in [0.05, 0.1) is 37.5 Å². The molecular weight excluding hydrogens is 444 g/mol. The standard InChI is InChI=1S/C27H28N4O2S/c1-2-33-22-13-11-20(12-14-22)27-29-21(18-34-27)15-26(32)30-24-9-6-10-25-23(24)16-28-31(25)17-19-7-4-3-5-8-19/h3-5,7-8,11-14,16,18,24H,2,6,9-10,15,17H2,1H3,(H,30,32). The third-order valence-electron chi connectivity index (χ3n) is 6.08. The molecule has 0 radical (unpaired) electrons. The number of ether oxygens (including phenoxy) is 1. The maximum Gasteiger partial charge on any atom is 0.226 e. The molecule has 0 spiro atoms. The van der Waals surface area contributed by atoms with Crippen LogP contribution in [0.15, 0.2) is 66.2 Å². The van der Waals surface area contributed by atoms with Gasteiger partial charge in [-0.2, -0.15) is 5.10 Å². The van der Waals surface area contributed by atoms with E-state index in [0.717, 1.165) is 53.4 Å². The molecule has 2 aromatic heterocycles. The van der Waals surface area contributed by atoms with Gasteiger partial charge in [-0.3, -0.25) is 9.48 Å². The highest BCUT2D eigenvalue weighted by atomic mass is 32.1. The van der Waals surface area contributed by atoms with Crippen LogP contribution < -0.4 is 10.1 Å². The summed E-state index contributed by atoms with van der Waals surface area (Å²) in [7, 11) is 0. The van der Waals surface area contributed by atoms with Crippen LogP contribution in [-0.4, -0.2) is 27.3 Å². The lowest BCUT2D eigenvalue weighted by Gasteiger charge is -2.24. The fraction of sp³-hybridized carbons (Fsp3) is 0.296. The Kier molecular flexibility index (Phi) is 6.72. The predicted molar refractivity (Wildman–Crippen MR) is 134 cm³/mol. The summed E-state index contributed by atoms with van der Waals surface area (Å²) in [4.78, 5) is 17.5. The Morgan fingerprint density at radius 1 is 1.18 bits per heavy atom. The van der Waals surface area contributed by atoms with Crippen LogP contribution in [0.4, 0.5) is 0 Å². The Morgan fingerprint density at radius 2 is 2.00 bits per heavy atom. The number of carbonyl (C=O) groups is 1. The van der Waals surface area contributed by atoms with Gasteiger partial charge < -0.3 is 10.1 Å². The van der Waals surface area contributed by atoms with Crippen molar-refractivity contribution in [3.05, 3.63) is 88.7 Å². The molecule has 34 heavy (non-hydrogen) atoms. The summed E-state index contributed by atoms with van der Waals surface area (Å²) in [5.41, 5.74) is 5.42. The van der Waals surface area contributed by atoms with Crippen LogP contribution in [0.5, 0.6) is 5.75 Å². The first kappa shape index (κ1) is 22.3. The summed E-state index contributed by atoms with van der Waals surface area (Å²) in [6, 6.07) is 18.3. The summed E-state index contributed by atoms with van der Waals surface area (Å²) in [5.74, 6) is 0.846. The molecule has 1 amide bonds. The Bertz CT molecular complexity index is 1250. The lowest BCUT2D eigenvalue weighted by molar-refractivity contribution is -0.121. The highest BCUT2D eigenvalue weighted by Gasteiger charge is 2.26. The second-order valence-corrected chi connectivity index (χ2v) is 9.34. The molecule has 4 aromatic rings. The molecule has 174 valence electrons. The van der Waals surface area contributed by atoms with Gasteiger partial charge in [0.1, 0.15) is 10.8 Å². The van der Waals surface area contributed by atoms with Gasteiger partial charge in [-0.05, 0) is 56.0 Å². The van der Waals surface area contributed by atoms with Gasteiger partial charge in [0.2, 0.25) is 5.91 Å². The molecule has 1 atom stereocenters. The van der Waals surface area contributed by atoms with Crippen LogP contribution in [-0.2, 0) is 24.2 Å². The minimum Gasteiger partial charge on any atom is -0.494 e. The minimum absolute atomic E-state index is 0.00259. The molecule has 1 unspecified atom stereocenters. The largest absolute Gasteiger partial charge is 0.494 e. The van der Waals surface area contributed by atoms with E-state index >= 15 is 0 Å². The number of hydrogen-bond acceptors (Lipinski definition) is 5. The summed E-state index contributed by atoms with van der Waals surface area (Å²) < 4.78 is 7.58. The lowest BCUT2D eigenvalue weighted by Crippen LogP contribution is -2.32. The van der Waals surface area contributed by atoms with E-state index in [1.165, 1.54) is 11.3 Å². The van der Waals surface area contributed by atoms with Gasteiger partial charge in [0.15, 0.2) is 0 Å². The maximum atomic E-state index is 12.9. The number of nitrogens with zero attached hydrogens (tertiary/aromatic N) is 3. The molecule has 1 aliphatic rings. The van der Waals surface area contributed by atoms with E-state index < -0.39 is 0 Å². The Balaban J connectivity index is 1.22. The van der Waals surface area contributed by atoms with Crippen LogP contribution in [0.1, 0.15) is 48.3 Å². The molecule has 0 saturated carbocycles. The molecule has 7 heteroatoms. The average Bonchev–Trinajstić information content (AvgIpc) is 3.48. The molecule has 0 fully saturated rings. The summed E-state index contributed by atoms with van der Waals surface area (Å²) in [6.07, 6.45) is 5.17. The first-order valence-electron chi connectivity index (χ1n) is 11.7. The van der Waals surface area contributed by atoms with Crippen molar-refractivity contribution < 1.29 is 9.53 Å². The Morgan fingerprint density at radius 3 is 2.79 bits per heavy atom. The normalized spacial score (nSPS) is 15.0. The lowest BCUT2D eigenvalue weighted by atomic mass is 9.92. The molecular formula is C27H28N4O2S. The molecule has 2 aromatic carbocycles. The number of nitrogens with one attached hydrogen (secondary N) is 1. The molecule has 6 nitrogen and oxygen atoms in total. The van der Waals surface area contributed by atoms with Crippen LogP contribution in [0, 0.1) is 0 Å². The molecule has 2 heterocycles. The van der Waals surface area contributed by atoms with Gasteiger partial charge in [0.25, 0.3) is 0 Å². The summed E-state index contributed by atoms with van der Waals surface area (Å²) in [5, 5.41) is 10.7. The van der Waals surface area contributed by atoms with Gasteiger partial charge in [-0.25, -0.2) is 4.98 Å². The van der Waals surface area contributed by atoms with Gasteiger partial charge >= 0.3 is 0 Å². The highest BCUT2D eigenvalue weighted by Crippen LogP contribution is 2.30. The van der Waals surface area contributed by atoms with Crippen molar-refractivity contribution in [3.8, 4) is 16.3 Å². The quantitative estimate of drug-likeness (QED) is 0.383. The van der Waals surface area contributed by atoms with Crippen molar-refractivity contribution in [2.45, 2.75) is 45.2 Å². The van der Waals surface area contributed by atoms with E-state index in [4.69, 9.17) is 4.74 Å². The van der Waals surface area contributed by atoms with Crippen molar-refractivity contribution >= 4 is 17.2 Å². The first-order valence-corrected chi connectivity index (χ1v) is 12.6. The first-order chi connectivity index (χ1) is 16.7. The van der Waals surface area contributed by atoms with E-state index in [1.54, 1.807) is 11.3 Å². The molecule has 1 N–H and O–H groups in total. The van der Waals surface area contributed by atoms with Crippen LogP contribution in [0.25, 0.3) is 10.6 Å². The van der Waals surface area contributed by atoms with Gasteiger partial charge in [0, 0.05) is 22.2 Å². The number of amides is 1. The third kappa shape index (κ3) is 5.04. The number of thiazole rings is 1. The molecule has 0 saturated heterocycles. The summed E-state index contributed by atoms with van der Waals surface area (Å²) in [6.45, 7) is 3.37. The number of fused-ring (bicyclic) bond motifs is 1. The molecule has 1 aliphatic carbocycles. The van der Waals surface area contributed by atoms with Crippen molar-refractivity contribution in [2.24, 2.45) is 0 Å². The van der Waals surface area contributed by atoms with E-state index in [-0.39, 0.29) is 18.4 Å². The number of benzene rings is 2. The SMILES string of the molecule is CCOc1ccc(-c2nc(CC(=O)NC3CCCc4c3cnn4Cc3ccccc3)cs2)cc1. The van der Waals surface area contributed by atoms with Crippen molar-refractivity contribution in [1.82, 2.24) is 20.1 Å². The number of carbonyl (C=O) groups excluding carboxylic acids is 1. The fourth-order valence-electron chi connectivity index (χ4n) is 4.45. The second kappa shape index (κ2) is 10.2. The Labute approximate surface area is 203 Å². The summed E-state index contributed by atoms with van der Waals surface area (Å²) >= 11 is 1.56. The average molecular weight is 473 g/mol. The molecule has 0 bridgehead atoms. The zero-order valence-electron chi connectivity index (χ0n) is 19.2. The predicted octanol–water partition coefficient (Wildman–Crippen LogP) is 5.19. The smallest absolute Gasteiger partial charge is 0.226 e. The topological polar surface area (TPSA) is 69.0 Å². The second-order valence-electron chi connectivity index (χ2n) is 8.48. The zero-order valence-corrected chi connectivity index (χ0v) is 20.1. The van der Waals surface area contributed by atoms with E-state index in [1.807, 2.05) is 61.0 Å². The van der Waals surface area contributed by atoms with Gasteiger partial charge in [-0.1, -0.05) is 30.3 Å². The van der Waals surface area contributed by atoms with Crippen molar-refractivity contribution in [2.75, 3.05) is 6.61 Å². The maximum absolute atomic E-state index is 12.9. The third-order valence-corrected chi connectivity index (χ3v) is 7.02. The van der Waals surface area contributed by atoms with E-state index in [2.05, 4.69) is 32.2 Å². The number of aromatic nitrogens is 3. The van der Waals surface area contributed by atoms with E-state index in [9.17, 15) is 4.79 Å². The van der Waals surface area contributed by atoms with Crippen LogP contribution in [0.2, 0.25) is 0 Å². The van der Waals surface area contributed by atoms with Crippen molar-refractivity contribution in [1.29, 1.82) is 0 Å². The van der Waals surface area contributed by atoms with Crippen molar-refractivity contribution in [3.63, 3.8) is 0 Å². The minimum atomic E-state index is -0.00259. The number of hydrogen-bond donors (Lipinski definition) is 1. The molecule has 5 rings (SSSR count). The fourth-order valence-corrected chi connectivity index (χ4v) is 5.28.